The Bertz CT molecular complexity index is 565. The highest BCUT2D eigenvalue weighted by molar-refractivity contribution is 9.10. The van der Waals surface area contributed by atoms with Crippen molar-refractivity contribution < 1.29 is 4.42 Å². The molecule has 0 atom stereocenters. The predicted molar refractivity (Wildman–Crippen MR) is 67.5 cm³/mol. The van der Waals surface area contributed by atoms with Gasteiger partial charge >= 0.3 is 0 Å². The molecule has 0 bridgehead atoms. The van der Waals surface area contributed by atoms with Gasteiger partial charge < -0.3 is 4.42 Å². The summed E-state index contributed by atoms with van der Waals surface area (Å²) in [5.74, 6) is 0.802. The minimum absolute atomic E-state index is 0.188. The summed E-state index contributed by atoms with van der Waals surface area (Å²) in [5, 5.41) is 8.86. The second-order valence-corrected chi connectivity index (χ2v) is 4.51. The van der Waals surface area contributed by atoms with Crippen LogP contribution in [-0.2, 0) is 0 Å². The molecule has 0 fully saturated rings. The van der Waals surface area contributed by atoms with E-state index in [9.17, 15) is 0 Å². The van der Waals surface area contributed by atoms with E-state index in [0.717, 1.165) is 36.2 Å². The van der Waals surface area contributed by atoms with E-state index in [4.69, 9.17) is 16.3 Å². The van der Waals surface area contributed by atoms with Crippen molar-refractivity contribution in [3.05, 3.63) is 51.3 Å². The maximum Gasteiger partial charge on any atom is 0.265 e. The Morgan fingerprint density at radius 2 is 2.29 bits per heavy atom. The molecule has 1 heterocycles. The van der Waals surface area contributed by atoms with Crippen molar-refractivity contribution in [1.82, 2.24) is 0 Å². The number of furan rings is 1. The van der Waals surface area contributed by atoms with Crippen molar-refractivity contribution in [2.75, 3.05) is 0 Å². The van der Waals surface area contributed by atoms with Gasteiger partial charge in [0.15, 0.2) is 4.67 Å². The zero-order valence-electron chi connectivity index (χ0n) is 9.03. The first kappa shape index (κ1) is 11.7. The molecule has 0 unspecified atom stereocenters. The van der Waals surface area contributed by atoms with Crippen molar-refractivity contribution in [1.29, 1.82) is 5.26 Å². The average molecular weight is 289 g/mol. The molecule has 1 aromatic heterocycles. The summed E-state index contributed by atoms with van der Waals surface area (Å²) in [6, 6.07) is 5.67. The number of halogens is 1. The Kier molecular flexibility index (Phi) is 3.46. The van der Waals surface area contributed by atoms with Crippen molar-refractivity contribution in [2.45, 2.75) is 19.3 Å². The highest BCUT2D eigenvalue weighted by Gasteiger charge is 2.15. The topological polar surface area (TPSA) is 41.3 Å². The number of hydrogen-bond acceptors (Lipinski definition) is 2. The Morgan fingerprint density at radius 3 is 2.88 bits per heavy atom. The van der Waals surface area contributed by atoms with E-state index in [2.05, 4.69) is 20.8 Å². The Labute approximate surface area is 108 Å². The van der Waals surface area contributed by atoms with Crippen LogP contribution in [0.15, 0.2) is 38.6 Å². The summed E-state index contributed by atoms with van der Waals surface area (Å²) in [5.41, 5.74) is 2.05. The quantitative estimate of drug-likeness (QED) is 0.571. The molecule has 0 aromatic carbocycles. The molecule has 0 spiro atoms. The predicted octanol–water partition coefficient (Wildman–Crippen LogP) is 4.31. The first-order chi connectivity index (χ1) is 8.24. The normalized spacial score (nSPS) is 17.9. The largest absolute Gasteiger partial charge is 0.450 e. The third kappa shape index (κ3) is 2.49. The molecule has 1 aliphatic rings. The van der Waals surface area contributed by atoms with Crippen LogP contribution in [0.2, 0.25) is 0 Å². The summed E-state index contributed by atoms with van der Waals surface area (Å²) in [6.45, 7) is 6.96. The molecular formula is C13H9BrN2O. The van der Waals surface area contributed by atoms with Crippen molar-refractivity contribution in [3.8, 4) is 6.07 Å². The van der Waals surface area contributed by atoms with Crippen LogP contribution < -0.4 is 0 Å². The van der Waals surface area contributed by atoms with E-state index in [1.165, 1.54) is 0 Å². The second kappa shape index (κ2) is 5.03. The van der Waals surface area contributed by atoms with E-state index >= 15 is 0 Å². The van der Waals surface area contributed by atoms with Gasteiger partial charge in [-0.05, 0) is 58.5 Å². The van der Waals surface area contributed by atoms with Gasteiger partial charge in [0.1, 0.15) is 5.76 Å². The number of nitriles is 1. The minimum atomic E-state index is 0.188. The summed E-state index contributed by atoms with van der Waals surface area (Å²) >= 11 is 3.26. The Hall–Kier alpha value is -1.78. The van der Waals surface area contributed by atoms with E-state index in [-0.39, 0.29) is 5.70 Å². The van der Waals surface area contributed by atoms with Crippen LogP contribution in [0.3, 0.4) is 0 Å². The van der Waals surface area contributed by atoms with Crippen LogP contribution in [0, 0.1) is 17.9 Å². The van der Waals surface area contributed by atoms with E-state index in [1.54, 1.807) is 0 Å². The van der Waals surface area contributed by atoms with E-state index in [0.29, 0.717) is 4.67 Å². The van der Waals surface area contributed by atoms with Crippen LogP contribution in [0.5, 0.6) is 0 Å². The zero-order valence-corrected chi connectivity index (χ0v) is 10.6. The maximum absolute atomic E-state index is 8.86. The molecule has 4 heteroatoms. The van der Waals surface area contributed by atoms with Gasteiger partial charge in [0.2, 0.25) is 0 Å². The van der Waals surface area contributed by atoms with Gasteiger partial charge in [-0.3, -0.25) is 0 Å². The molecule has 1 aromatic rings. The molecule has 3 nitrogen and oxygen atoms in total. The Balaban J connectivity index is 2.41. The Morgan fingerprint density at radius 1 is 1.47 bits per heavy atom. The highest BCUT2D eigenvalue weighted by atomic mass is 79.9. The van der Waals surface area contributed by atoms with Gasteiger partial charge in [0.05, 0.1) is 12.6 Å². The number of rotatable bonds is 1. The van der Waals surface area contributed by atoms with Crippen LogP contribution in [0.4, 0.5) is 0 Å². The first-order valence-electron chi connectivity index (χ1n) is 5.21. The number of hydrogen-bond donors (Lipinski definition) is 0. The van der Waals surface area contributed by atoms with Gasteiger partial charge in [-0.1, -0.05) is 6.08 Å². The van der Waals surface area contributed by atoms with Crippen LogP contribution in [0.1, 0.15) is 25.0 Å². The zero-order chi connectivity index (χ0) is 12.3. The lowest BCUT2D eigenvalue weighted by Gasteiger charge is -2.13. The second-order valence-electron chi connectivity index (χ2n) is 3.72. The lowest BCUT2D eigenvalue weighted by molar-refractivity contribution is 0.523. The monoisotopic (exact) mass is 288 g/mol. The molecule has 0 saturated heterocycles. The van der Waals surface area contributed by atoms with Gasteiger partial charge in [0.25, 0.3) is 5.70 Å². The number of allylic oxidation sites excluding steroid dienone is 4. The third-order valence-corrected chi connectivity index (χ3v) is 3.08. The molecule has 0 N–H and O–H groups in total. The third-order valence-electron chi connectivity index (χ3n) is 2.65. The first-order valence-corrected chi connectivity index (χ1v) is 6.01. The van der Waals surface area contributed by atoms with Crippen LogP contribution in [-0.4, -0.2) is 0 Å². The summed E-state index contributed by atoms with van der Waals surface area (Å²) in [6.07, 6.45) is 4.56. The van der Waals surface area contributed by atoms with Crippen molar-refractivity contribution in [3.63, 3.8) is 0 Å². The SMILES string of the molecule is [C-]#[N+]/C(C#N)=C1\C=C(c2ccc(Br)o2)CCC1. The van der Waals surface area contributed by atoms with Gasteiger partial charge in [-0.15, -0.1) is 0 Å². The molecule has 1 aliphatic carbocycles. The lowest BCUT2D eigenvalue weighted by Crippen LogP contribution is -1.95. The molecule has 0 amide bonds. The molecule has 0 saturated carbocycles. The van der Waals surface area contributed by atoms with Crippen molar-refractivity contribution in [2.24, 2.45) is 0 Å². The molecule has 17 heavy (non-hydrogen) atoms. The van der Waals surface area contributed by atoms with Crippen molar-refractivity contribution >= 4 is 21.5 Å². The lowest BCUT2D eigenvalue weighted by atomic mass is 9.93. The minimum Gasteiger partial charge on any atom is -0.450 e. The molecule has 2 rings (SSSR count). The standard InChI is InChI=1S/C13H9BrN2O/c1-16-11(8-15)9-3-2-4-10(7-9)12-5-6-13(14)17-12/h5-7H,2-4H2/b11-9-. The van der Waals surface area contributed by atoms with E-state index < -0.39 is 0 Å². The highest BCUT2D eigenvalue weighted by Crippen LogP contribution is 2.32. The fourth-order valence-electron chi connectivity index (χ4n) is 1.86. The molecule has 0 radical (unpaired) electrons. The van der Waals surface area contributed by atoms with Gasteiger partial charge in [-0.25, -0.2) is 10.1 Å². The molecule has 84 valence electrons. The molecular weight excluding hydrogens is 280 g/mol. The fourth-order valence-corrected chi connectivity index (χ4v) is 2.17. The summed E-state index contributed by atoms with van der Waals surface area (Å²) < 4.78 is 6.17. The van der Waals surface area contributed by atoms with Crippen LogP contribution in [0.25, 0.3) is 10.4 Å². The number of nitrogens with zero attached hydrogens (tertiary/aromatic N) is 2. The summed E-state index contributed by atoms with van der Waals surface area (Å²) in [4.78, 5) is 3.25. The summed E-state index contributed by atoms with van der Waals surface area (Å²) in [7, 11) is 0. The van der Waals surface area contributed by atoms with Gasteiger partial charge in [0, 0.05) is 0 Å². The average Bonchev–Trinajstić information content (AvgIpc) is 2.78. The fraction of sp³-hybridized carbons (Fsp3) is 0.231. The smallest absolute Gasteiger partial charge is 0.265 e. The van der Waals surface area contributed by atoms with Crippen LogP contribution >= 0.6 is 15.9 Å². The van der Waals surface area contributed by atoms with E-state index in [1.807, 2.05) is 24.3 Å². The van der Waals surface area contributed by atoms with Gasteiger partial charge in [-0.2, -0.15) is 0 Å². The maximum atomic E-state index is 8.86. The molecule has 0 aliphatic heterocycles.